The molecule has 0 aliphatic carbocycles. The Kier molecular flexibility index (Phi) is 4.52. The molecule has 1 rings (SSSR count). The number of nitrogens with zero attached hydrogens (tertiary/aromatic N) is 2. The summed E-state index contributed by atoms with van der Waals surface area (Å²) in [6, 6.07) is 3.82. The molecule has 0 unspecified atom stereocenters. The summed E-state index contributed by atoms with van der Waals surface area (Å²) >= 11 is 0. The van der Waals surface area contributed by atoms with E-state index < -0.39 is 0 Å². The zero-order chi connectivity index (χ0) is 11.3. The van der Waals surface area contributed by atoms with Crippen LogP contribution in [0.25, 0.3) is 0 Å². The topological polar surface area (TPSA) is 45.6 Å². The minimum Gasteiger partial charge on any atom is -0.497 e. The maximum absolute atomic E-state index is 8.78. The summed E-state index contributed by atoms with van der Waals surface area (Å²) in [5, 5.41) is 8.78. The van der Waals surface area contributed by atoms with Crippen molar-refractivity contribution in [3.63, 3.8) is 0 Å². The first-order chi connectivity index (χ1) is 7.15. The number of aromatic nitrogens is 1. The average molecular weight is 210 g/mol. The van der Waals surface area contributed by atoms with Crippen molar-refractivity contribution >= 4 is 0 Å². The number of rotatable bonds is 5. The van der Waals surface area contributed by atoms with Crippen LogP contribution < -0.4 is 4.74 Å². The second kappa shape index (κ2) is 5.68. The Labute approximate surface area is 90.5 Å². The lowest BCUT2D eigenvalue weighted by Crippen LogP contribution is -2.22. The van der Waals surface area contributed by atoms with Crippen LogP contribution in [-0.2, 0) is 6.54 Å². The minimum absolute atomic E-state index is 0.166. The van der Waals surface area contributed by atoms with E-state index >= 15 is 0 Å². The van der Waals surface area contributed by atoms with E-state index in [1.807, 2.05) is 31.0 Å². The van der Waals surface area contributed by atoms with Gasteiger partial charge in [0.1, 0.15) is 5.75 Å². The molecule has 84 valence electrons. The molecule has 0 saturated carbocycles. The fourth-order valence-electron chi connectivity index (χ4n) is 1.43. The van der Waals surface area contributed by atoms with Gasteiger partial charge in [-0.3, -0.25) is 9.88 Å². The van der Waals surface area contributed by atoms with Crippen molar-refractivity contribution in [2.75, 3.05) is 27.3 Å². The van der Waals surface area contributed by atoms with Crippen LogP contribution in [0.1, 0.15) is 11.4 Å². The Balaban J connectivity index is 2.71. The summed E-state index contributed by atoms with van der Waals surface area (Å²) in [4.78, 5) is 6.42. The van der Waals surface area contributed by atoms with Gasteiger partial charge in [-0.2, -0.15) is 0 Å². The standard InChI is InChI=1S/C11H18N2O2/c1-9-6-11(15-3)7-10(12-9)8-13(2)4-5-14/h6-7,14H,4-5,8H2,1-3H3. The Morgan fingerprint density at radius 1 is 1.47 bits per heavy atom. The normalized spacial score (nSPS) is 10.7. The number of aryl methyl sites for hydroxylation is 1. The van der Waals surface area contributed by atoms with Gasteiger partial charge in [0.15, 0.2) is 0 Å². The number of likely N-dealkylation sites (N-methyl/N-ethyl adjacent to an activating group) is 1. The van der Waals surface area contributed by atoms with Crippen LogP contribution in [0.2, 0.25) is 0 Å². The number of aliphatic hydroxyl groups is 1. The van der Waals surface area contributed by atoms with Crippen LogP contribution in [0.4, 0.5) is 0 Å². The Bertz CT molecular complexity index is 315. The molecule has 0 aliphatic rings. The molecule has 0 saturated heterocycles. The van der Waals surface area contributed by atoms with Crippen LogP contribution in [-0.4, -0.2) is 42.3 Å². The van der Waals surface area contributed by atoms with Crippen molar-refractivity contribution < 1.29 is 9.84 Å². The zero-order valence-electron chi connectivity index (χ0n) is 9.53. The molecule has 15 heavy (non-hydrogen) atoms. The van der Waals surface area contributed by atoms with Gasteiger partial charge in [-0.05, 0) is 14.0 Å². The van der Waals surface area contributed by atoms with E-state index in [1.165, 1.54) is 0 Å². The first-order valence-electron chi connectivity index (χ1n) is 4.96. The fourth-order valence-corrected chi connectivity index (χ4v) is 1.43. The molecular formula is C11H18N2O2. The van der Waals surface area contributed by atoms with Crippen LogP contribution in [0, 0.1) is 6.92 Å². The molecule has 0 amide bonds. The smallest absolute Gasteiger partial charge is 0.122 e. The van der Waals surface area contributed by atoms with Crippen molar-refractivity contribution in [1.82, 2.24) is 9.88 Å². The third kappa shape index (κ3) is 3.85. The molecule has 0 fully saturated rings. The summed E-state index contributed by atoms with van der Waals surface area (Å²) in [5.41, 5.74) is 1.91. The number of aliphatic hydroxyl groups excluding tert-OH is 1. The molecule has 0 spiro atoms. The van der Waals surface area contributed by atoms with E-state index in [4.69, 9.17) is 9.84 Å². The summed E-state index contributed by atoms with van der Waals surface area (Å²) < 4.78 is 5.17. The molecule has 0 bridgehead atoms. The molecule has 0 radical (unpaired) electrons. The minimum atomic E-state index is 0.166. The van der Waals surface area contributed by atoms with Gasteiger partial charge in [0.05, 0.1) is 19.4 Å². The number of methoxy groups -OCH3 is 1. The van der Waals surface area contributed by atoms with Gasteiger partial charge in [0.25, 0.3) is 0 Å². The van der Waals surface area contributed by atoms with Crippen molar-refractivity contribution in [3.8, 4) is 5.75 Å². The van der Waals surface area contributed by atoms with Gasteiger partial charge in [0, 0.05) is 30.9 Å². The third-order valence-electron chi connectivity index (χ3n) is 2.13. The highest BCUT2D eigenvalue weighted by Gasteiger charge is 2.03. The number of pyridine rings is 1. The van der Waals surface area contributed by atoms with Crippen LogP contribution >= 0.6 is 0 Å². The Hall–Kier alpha value is -1.13. The van der Waals surface area contributed by atoms with E-state index in [0.717, 1.165) is 23.7 Å². The second-order valence-electron chi connectivity index (χ2n) is 3.60. The van der Waals surface area contributed by atoms with E-state index in [2.05, 4.69) is 4.98 Å². The molecule has 0 aliphatic heterocycles. The highest BCUT2D eigenvalue weighted by Crippen LogP contribution is 2.14. The highest BCUT2D eigenvalue weighted by atomic mass is 16.5. The fraction of sp³-hybridized carbons (Fsp3) is 0.545. The van der Waals surface area contributed by atoms with Gasteiger partial charge in [-0.15, -0.1) is 0 Å². The van der Waals surface area contributed by atoms with E-state index in [1.54, 1.807) is 7.11 Å². The SMILES string of the molecule is COc1cc(C)nc(CN(C)CCO)c1. The van der Waals surface area contributed by atoms with Crippen LogP contribution in [0.3, 0.4) is 0 Å². The number of ether oxygens (including phenoxy) is 1. The monoisotopic (exact) mass is 210 g/mol. The highest BCUT2D eigenvalue weighted by molar-refractivity contribution is 5.26. The van der Waals surface area contributed by atoms with Gasteiger partial charge >= 0.3 is 0 Å². The summed E-state index contributed by atoms with van der Waals surface area (Å²) in [6.07, 6.45) is 0. The van der Waals surface area contributed by atoms with Crippen LogP contribution in [0.15, 0.2) is 12.1 Å². The maximum Gasteiger partial charge on any atom is 0.122 e. The molecule has 1 N–H and O–H groups in total. The largest absolute Gasteiger partial charge is 0.497 e. The lowest BCUT2D eigenvalue weighted by Gasteiger charge is -2.15. The molecule has 1 heterocycles. The van der Waals surface area contributed by atoms with E-state index in [0.29, 0.717) is 6.54 Å². The van der Waals surface area contributed by atoms with Gasteiger partial charge < -0.3 is 9.84 Å². The van der Waals surface area contributed by atoms with Crippen molar-refractivity contribution in [2.45, 2.75) is 13.5 Å². The summed E-state index contributed by atoms with van der Waals surface area (Å²) in [6.45, 7) is 3.48. The van der Waals surface area contributed by atoms with Gasteiger partial charge in [0.2, 0.25) is 0 Å². The predicted octanol–water partition coefficient (Wildman–Crippen LogP) is 0.823. The molecule has 1 aromatic rings. The first kappa shape index (κ1) is 11.9. The van der Waals surface area contributed by atoms with E-state index in [9.17, 15) is 0 Å². The number of hydrogen-bond acceptors (Lipinski definition) is 4. The predicted molar refractivity (Wildman–Crippen MR) is 58.9 cm³/mol. The number of hydrogen-bond donors (Lipinski definition) is 1. The maximum atomic E-state index is 8.78. The van der Waals surface area contributed by atoms with Crippen molar-refractivity contribution in [2.24, 2.45) is 0 Å². The lowest BCUT2D eigenvalue weighted by molar-refractivity contribution is 0.216. The molecule has 4 heteroatoms. The van der Waals surface area contributed by atoms with Crippen LogP contribution in [0.5, 0.6) is 5.75 Å². The summed E-state index contributed by atoms with van der Waals surface area (Å²) in [5.74, 6) is 0.829. The van der Waals surface area contributed by atoms with Gasteiger partial charge in [-0.1, -0.05) is 0 Å². The average Bonchev–Trinajstić information content (AvgIpc) is 2.17. The quantitative estimate of drug-likeness (QED) is 0.781. The lowest BCUT2D eigenvalue weighted by atomic mass is 10.3. The van der Waals surface area contributed by atoms with E-state index in [-0.39, 0.29) is 6.61 Å². The zero-order valence-corrected chi connectivity index (χ0v) is 9.53. The van der Waals surface area contributed by atoms with Crippen molar-refractivity contribution in [1.29, 1.82) is 0 Å². The Morgan fingerprint density at radius 3 is 2.80 bits per heavy atom. The first-order valence-corrected chi connectivity index (χ1v) is 4.96. The molecule has 0 aromatic carbocycles. The molecule has 0 atom stereocenters. The Morgan fingerprint density at radius 2 is 2.20 bits per heavy atom. The molecule has 4 nitrogen and oxygen atoms in total. The molecule has 1 aromatic heterocycles. The van der Waals surface area contributed by atoms with Crippen molar-refractivity contribution in [3.05, 3.63) is 23.5 Å². The molecular weight excluding hydrogens is 192 g/mol. The second-order valence-corrected chi connectivity index (χ2v) is 3.60. The van der Waals surface area contributed by atoms with Gasteiger partial charge in [-0.25, -0.2) is 0 Å². The summed E-state index contributed by atoms with van der Waals surface area (Å²) in [7, 11) is 3.60. The third-order valence-corrected chi connectivity index (χ3v) is 2.13.